The lowest BCUT2D eigenvalue weighted by Gasteiger charge is -2.22. The molecule has 5 heteroatoms. The predicted molar refractivity (Wildman–Crippen MR) is 100 cm³/mol. The lowest BCUT2D eigenvalue weighted by molar-refractivity contribution is 0.0758. The largest absolute Gasteiger partial charge is 0.390 e. The standard InChI is InChI=1S/C18H23ClN2OS/c1-4-8-21(9-5-2)18(22)16-14(11-23-17(16)20)13-6-7-15(19)12(3)10-13/h6-7,10-11H,4-5,8-9,20H2,1-3H3. The molecule has 3 nitrogen and oxygen atoms in total. The van der Waals surface area contributed by atoms with Crippen LogP contribution in [0.3, 0.4) is 0 Å². The summed E-state index contributed by atoms with van der Waals surface area (Å²) in [6, 6.07) is 5.81. The van der Waals surface area contributed by atoms with E-state index >= 15 is 0 Å². The van der Waals surface area contributed by atoms with Crippen molar-refractivity contribution in [1.82, 2.24) is 4.90 Å². The van der Waals surface area contributed by atoms with Gasteiger partial charge in [0.2, 0.25) is 0 Å². The topological polar surface area (TPSA) is 46.3 Å². The summed E-state index contributed by atoms with van der Waals surface area (Å²) >= 11 is 7.53. The van der Waals surface area contributed by atoms with E-state index in [0.29, 0.717) is 10.6 Å². The van der Waals surface area contributed by atoms with Crippen LogP contribution in [0, 0.1) is 6.92 Å². The average Bonchev–Trinajstić information content (AvgIpc) is 2.91. The number of carbonyl (C=O) groups excluding carboxylic acids is 1. The number of rotatable bonds is 6. The van der Waals surface area contributed by atoms with E-state index in [4.69, 9.17) is 17.3 Å². The van der Waals surface area contributed by atoms with Gasteiger partial charge in [-0.05, 0) is 43.0 Å². The number of nitrogens with zero attached hydrogens (tertiary/aromatic N) is 1. The van der Waals surface area contributed by atoms with E-state index in [9.17, 15) is 4.79 Å². The second kappa shape index (κ2) is 7.84. The molecular formula is C18H23ClN2OS. The maximum Gasteiger partial charge on any atom is 0.257 e. The highest BCUT2D eigenvalue weighted by molar-refractivity contribution is 7.15. The van der Waals surface area contributed by atoms with Gasteiger partial charge in [0.05, 0.1) is 10.6 Å². The summed E-state index contributed by atoms with van der Waals surface area (Å²) in [5.74, 6) is 0.0232. The number of benzene rings is 1. The second-order valence-electron chi connectivity index (χ2n) is 5.64. The number of nitrogen functional groups attached to an aromatic ring is 1. The van der Waals surface area contributed by atoms with Gasteiger partial charge in [0, 0.05) is 29.1 Å². The van der Waals surface area contributed by atoms with Gasteiger partial charge in [-0.25, -0.2) is 0 Å². The summed E-state index contributed by atoms with van der Waals surface area (Å²) in [4.78, 5) is 14.9. The van der Waals surface area contributed by atoms with Crippen LogP contribution in [-0.4, -0.2) is 23.9 Å². The molecule has 0 aliphatic heterocycles. The number of amides is 1. The van der Waals surface area contributed by atoms with E-state index < -0.39 is 0 Å². The van der Waals surface area contributed by atoms with Gasteiger partial charge in [-0.1, -0.05) is 31.5 Å². The zero-order valence-corrected chi connectivity index (χ0v) is 15.4. The lowest BCUT2D eigenvalue weighted by atomic mass is 10.0. The normalized spacial score (nSPS) is 10.8. The molecule has 0 radical (unpaired) electrons. The predicted octanol–water partition coefficient (Wildman–Crippen LogP) is 5.22. The van der Waals surface area contributed by atoms with Gasteiger partial charge < -0.3 is 10.6 Å². The molecule has 1 aromatic heterocycles. The number of anilines is 1. The number of hydrogen-bond donors (Lipinski definition) is 1. The molecule has 23 heavy (non-hydrogen) atoms. The Labute approximate surface area is 147 Å². The van der Waals surface area contributed by atoms with Crippen LogP contribution in [0.15, 0.2) is 23.6 Å². The van der Waals surface area contributed by atoms with E-state index in [1.54, 1.807) is 0 Å². The summed E-state index contributed by atoms with van der Waals surface area (Å²) in [5, 5.41) is 3.26. The fraction of sp³-hybridized carbons (Fsp3) is 0.389. The third-order valence-electron chi connectivity index (χ3n) is 3.78. The molecule has 1 amide bonds. The van der Waals surface area contributed by atoms with Gasteiger partial charge in [0.15, 0.2) is 0 Å². The molecule has 0 bridgehead atoms. The monoisotopic (exact) mass is 350 g/mol. The van der Waals surface area contributed by atoms with Gasteiger partial charge in [0.25, 0.3) is 5.91 Å². The Morgan fingerprint density at radius 2 is 1.91 bits per heavy atom. The average molecular weight is 351 g/mol. The first-order chi connectivity index (χ1) is 11.0. The van der Waals surface area contributed by atoms with Gasteiger partial charge >= 0.3 is 0 Å². The highest BCUT2D eigenvalue weighted by atomic mass is 35.5. The summed E-state index contributed by atoms with van der Waals surface area (Å²) in [5.41, 5.74) is 9.62. The Balaban J connectivity index is 2.45. The molecule has 0 aliphatic carbocycles. The number of hydrogen-bond acceptors (Lipinski definition) is 3. The van der Waals surface area contributed by atoms with Crippen molar-refractivity contribution in [3.8, 4) is 11.1 Å². The van der Waals surface area contributed by atoms with Crippen molar-refractivity contribution in [2.45, 2.75) is 33.6 Å². The number of thiophene rings is 1. The Hall–Kier alpha value is -1.52. The molecule has 0 saturated heterocycles. The van der Waals surface area contributed by atoms with Crippen LogP contribution < -0.4 is 5.73 Å². The van der Waals surface area contributed by atoms with Crippen molar-refractivity contribution in [3.63, 3.8) is 0 Å². The van der Waals surface area contributed by atoms with E-state index in [-0.39, 0.29) is 5.91 Å². The van der Waals surface area contributed by atoms with E-state index in [2.05, 4.69) is 13.8 Å². The fourth-order valence-corrected chi connectivity index (χ4v) is 3.56. The summed E-state index contributed by atoms with van der Waals surface area (Å²) in [6.07, 6.45) is 1.87. The molecule has 0 saturated carbocycles. The molecule has 0 spiro atoms. The van der Waals surface area contributed by atoms with Crippen LogP contribution >= 0.6 is 22.9 Å². The van der Waals surface area contributed by atoms with Crippen molar-refractivity contribution < 1.29 is 4.79 Å². The van der Waals surface area contributed by atoms with Crippen LogP contribution in [-0.2, 0) is 0 Å². The number of carbonyl (C=O) groups is 1. The minimum absolute atomic E-state index is 0.0232. The highest BCUT2D eigenvalue weighted by Gasteiger charge is 2.23. The van der Waals surface area contributed by atoms with Gasteiger partial charge in [-0.3, -0.25) is 4.79 Å². The lowest BCUT2D eigenvalue weighted by Crippen LogP contribution is -2.33. The van der Waals surface area contributed by atoms with Crippen molar-refractivity contribution in [2.24, 2.45) is 0 Å². The molecule has 0 aliphatic rings. The molecule has 124 valence electrons. The smallest absolute Gasteiger partial charge is 0.257 e. The first kappa shape index (κ1) is 17.8. The molecule has 0 unspecified atom stereocenters. The molecule has 0 fully saturated rings. The van der Waals surface area contributed by atoms with E-state index in [0.717, 1.165) is 47.6 Å². The first-order valence-corrected chi connectivity index (χ1v) is 9.18. The van der Waals surface area contributed by atoms with E-state index in [1.165, 1.54) is 11.3 Å². The van der Waals surface area contributed by atoms with Gasteiger partial charge in [-0.15, -0.1) is 11.3 Å². The first-order valence-electron chi connectivity index (χ1n) is 7.92. The van der Waals surface area contributed by atoms with Crippen molar-refractivity contribution in [3.05, 3.63) is 39.7 Å². The third kappa shape index (κ3) is 3.88. The van der Waals surface area contributed by atoms with Crippen LogP contribution in [0.4, 0.5) is 5.00 Å². The summed E-state index contributed by atoms with van der Waals surface area (Å²) < 4.78 is 0. The number of halogens is 1. The van der Waals surface area contributed by atoms with Crippen LogP contribution in [0.1, 0.15) is 42.6 Å². The minimum Gasteiger partial charge on any atom is -0.390 e. The maximum absolute atomic E-state index is 13.0. The second-order valence-corrected chi connectivity index (χ2v) is 6.96. The van der Waals surface area contributed by atoms with E-state index in [1.807, 2.05) is 35.4 Å². The summed E-state index contributed by atoms with van der Waals surface area (Å²) in [7, 11) is 0. The Bertz CT molecular complexity index is 690. The Kier molecular flexibility index (Phi) is 6.08. The summed E-state index contributed by atoms with van der Waals surface area (Å²) in [6.45, 7) is 7.62. The van der Waals surface area contributed by atoms with Gasteiger partial charge in [0.1, 0.15) is 0 Å². The maximum atomic E-state index is 13.0. The van der Waals surface area contributed by atoms with Gasteiger partial charge in [-0.2, -0.15) is 0 Å². The molecular weight excluding hydrogens is 328 g/mol. The van der Waals surface area contributed by atoms with Crippen LogP contribution in [0.2, 0.25) is 5.02 Å². The highest BCUT2D eigenvalue weighted by Crippen LogP contribution is 2.36. The molecule has 1 aromatic carbocycles. The zero-order valence-electron chi connectivity index (χ0n) is 13.9. The molecule has 0 atom stereocenters. The number of aryl methyl sites for hydroxylation is 1. The van der Waals surface area contributed by atoms with Crippen molar-refractivity contribution in [1.29, 1.82) is 0 Å². The third-order valence-corrected chi connectivity index (χ3v) is 5.01. The molecule has 2 rings (SSSR count). The Morgan fingerprint density at radius 3 is 2.48 bits per heavy atom. The molecule has 2 aromatic rings. The fourth-order valence-electron chi connectivity index (χ4n) is 2.63. The molecule has 2 N–H and O–H groups in total. The van der Waals surface area contributed by atoms with Crippen molar-refractivity contribution in [2.75, 3.05) is 18.8 Å². The quantitative estimate of drug-likeness (QED) is 0.776. The Morgan fingerprint density at radius 1 is 1.26 bits per heavy atom. The molecule has 1 heterocycles. The minimum atomic E-state index is 0.0232. The van der Waals surface area contributed by atoms with Crippen molar-refractivity contribution >= 4 is 33.8 Å². The van der Waals surface area contributed by atoms with Crippen LogP contribution in [0.25, 0.3) is 11.1 Å². The zero-order chi connectivity index (χ0) is 17.0. The van der Waals surface area contributed by atoms with Crippen LogP contribution in [0.5, 0.6) is 0 Å². The number of nitrogens with two attached hydrogens (primary N) is 1. The SMILES string of the molecule is CCCN(CCC)C(=O)c1c(-c2ccc(Cl)c(C)c2)csc1N.